The number of aromatic nitrogens is 4. The lowest BCUT2D eigenvalue weighted by molar-refractivity contribution is -0.0135. The van der Waals surface area contributed by atoms with Gasteiger partial charge in [-0.3, -0.25) is 4.90 Å². The number of nitrogens with two attached hydrogens (primary N) is 1. The Morgan fingerprint density at radius 1 is 1.03 bits per heavy atom. The molecule has 6 rings (SSSR count). The Bertz CT molecular complexity index is 1180. The van der Waals surface area contributed by atoms with Gasteiger partial charge < -0.3 is 15.7 Å². The minimum Gasteiger partial charge on any atom is -0.390 e. The Hall–Kier alpha value is -2.36. The smallest absolute Gasteiger partial charge is 0.227 e. The molecule has 186 valence electrons. The fourth-order valence-electron chi connectivity index (χ4n) is 6.32. The van der Waals surface area contributed by atoms with Crippen molar-refractivity contribution in [1.29, 1.82) is 0 Å². The number of hydrogen-bond acceptors (Lipinski definition) is 9. The third-order valence-corrected chi connectivity index (χ3v) is 9.35. The quantitative estimate of drug-likeness (QED) is 0.544. The number of hydrogen-bond donors (Lipinski definition) is 2. The molecule has 9 heteroatoms. The van der Waals surface area contributed by atoms with Crippen LogP contribution < -0.4 is 10.6 Å². The van der Waals surface area contributed by atoms with Crippen LogP contribution in [0.25, 0.3) is 21.5 Å². The van der Waals surface area contributed by atoms with Crippen LogP contribution in [-0.2, 0) is 6.54 Å². The SMILES string of the molecule is CC(C)(O)C1CCN(Cc2csc3c(-c4cnc(N)nc4)nc(N4C5CCCC4CC5)nc23)CC1. The van der Waals surface area contributed by atoms with Gasteiger partial charge in [-0.05, 0) is 83.2 Å². The topological polar surface area (TPSA) is 104 Å². The second kappa shape index (κ2) is 8.94. The molecule has 2 bridgehead atoms. The molecule has 6 heterocycles. The van der Waals surface area contributed by atoms with Crippen molar-refractivity contribution in [2.45, 2.75) is 83.0 Å². The van der Waals surface area contributed by atoms with Crippen LogP contribution in [0.15, 0.2) is 17.8 Å². The fourth-order valence-corrected chi connectivity index (χ4v) is 7.33. The highest BCUT2D eigenvalue weighted by atomic mass is 32.1. The number of aliphatic hydroxyl groups is 1. The minimum atomic E-state index is -0.604. The zero-order valence-corrected chi connectivity index (χ0v) is 21.5. The van der Waals surface area contributed by atoms with Crippen LogP contribution >= 0.6 is 11.3 Å². The van der Waals surface area contributed by atoms with Crippen LogP contribution in [0, 0.1) is 5.92 Å². The van der Waals surface area contributed by atoms with Gasteiger partial charge in [-0.2, -0.15) is 0 Å². The van der Waals surface area contributed by atoms with Gasteiger partial charge in [0.05, 0.1) is 21.5 Å². The maximum absolute atomic E-state index is 10.4. The standard InChI is InChI=1S/C26H35N7OS/c1-26(2,34)18-8-10-32(11-9-18)14-17-15-35-23-21(16-12-28-24(27)29-13-16)30-25(31-22(17)23)33-19-4-3-5-20(33)7-6-19/h12-13,15,18-20,34H,3-11,14H2,1-2H3,(H2,27,28,29). The number of piperidine rings is 2. The summed E-state index contributed by atoms with van der Waals surface area (Å²) in [4.78, 5) is 23.8. The Morgan fingerprint density at radius 3 is 2.37 bits per heavy atom. The van der Waals surface area contributed by atoms with Crippen LogP contribution in [-0.4, -0.2) is 60.7 Å². The summed E-state index contributed by atoms with van der Waals surface area (Å²) in [5.41, 5.74) is 9.28. The highest BCUT2D eigenvalue weighted by Crippen LogP contribution is 2.41. The van der Waals surface area contributed by atoms with E-state index in [0.717, 1.165) is 59.9 Å². The van der Waals surface area contributed by atoms with Crippen molar-refractivity contribution < 1.29 is 5.11 Å². The van der Waals surface area contributed by atoms with Crippen LogP contribution in [0.4, 0.5) is 11.9 Å². The van der Waals surface area contributed by atoms with Gasteiger partial charge in [0.15, 0.2) is 0 Å². The molecule has 0 amide bonds. The number of nitrogens with zero attached hydrogens (tertiary/aromatic N) is 6. The number of anilines is 2. The van der Waals surface area contributed by atoms with Crippen molar-refractivity contribution >= 4 is 33.5 Å². The lowest BCUT2D eigenvalue weighted by atomic mass is 9.83. The molecule has 3 aromatic rings. The number of rotatable bonds is 5. The zero-order valence-electron chi connectivity index (χ0n) is 20.7. The van der Waals surface area contributed by atoms with Crippen molar-refractivity contribution in [1.82, 2.24) is 24.8 Å². The second-order valence-electron chi connectivity index (χ2n) is 11.1. The first-order chi connectivity index (χ1) is 16.9. The summed E-state index contributed by atoms with van der Waals surface area (Å²) in [6.07, 6.45) is 11.8. The van der Waals surface area contributed by atoms with Crippen molar-refractivity contribution in [2.24, 2.45) is 5.92 Å². The first kappa shape index (κ1) is 23.1. The number of likely N-dealkylation sites (tertiary alicyclic amines) is 1. The van der Waals surface area contributed by atoms with Gasteiger partial charge in [0, 0.05) is 42.1 Å². The van der Waals surface area contributed by atoms with Crippen molar-refractivity contribution in [3.63, 3.8) is 0 Å². The summed E-state index contributed by atoms with van der Waals surface area (Å²) >= 11 is 1.71. The van der Waals surface area contributed by atoms with E-state index in [1.165, 1.54) is 37.7 Å². The van der Waals surface area contributed by atoms with Crippen LogP contribution in [0.1, 0.15) is 64.4 Å². The summed E-state index contributed by atoms with van der Waals surface area (Å²) in [7, 11) is 0. The molecular formula is C26H35N7OS. The second-order valence-corrected chi connectivity index (χ2v) is 11.9. The Labute approximate surface area is 210 Å². The molecule has 0 saturated carbocycles. The molecule has 0 radical (unpaired) electrons. The fraction of sp³-hybridized carbons (Fsp3) is 0.615. The zero-order chi connectivity index (χ0) is 24.2. The highest BCUT2D eigenvalue weighted by Gasteiger charge is 2.38. The van der Waals surface area contributed by atoms with E-state index >= 15 is 0 Å². The first-order valence-corrected chi connectivity index (χ1v) is 13.8. The van der Waals surface area contributed by atoms with Gasteiger partial charge in [-0.1, -0.05) is 0 Å². The Kier molecular flexibility index (Phi) is 5.89. The summed E-state index contributed by atoms with van der Waals surface area (Å²) in [6, 6.07) is 1.09. The summed E-state index contributed by atoms with van der Waals surface area (Å²) in [5, 5.41) is 12.7. The molecule has 3 saturated heterocycles. The summed E-state index contributed by atoms with van der Waals surface area (Å²) in [6.45, 7) is 6.75. The molecule has 3 fully saturated rings. The number of nitrogen functional groups attached to an aromatic ring is 1. The maximum Gasteiger partial charge on any atom is 0.227 e. The highest BCUT2D eigenvalue weighted by molar-refractivity contribution is 7.17. The molecule has 2 unspecified atom stereocenters. The lowest BCUT2D eigenvalue weighted by Crippen LogP contribution is -2.41. The van der Waals surface area contributed by atoms with Gasteiger partial charge in [-0.25, -0.2) is 19.9 Å². The lowest BCUT2D eigenvalue weighted by Gasteiger charge is -2.37. The summed E-state index contributed by atoms with van der Waals surface area (Å²) < 4.78 is 1.09. The average Bonchev–Trinajstić information content (AvgIpc) is 3.35. The van der Waals surface area contributed by atoms with Gasteiger partial charge in [0.1, 0.15) is 0 Å². The van der Waals surface area contributed by atoms with Crippen molar-refractivity contribution in [3.05, 3.63) is 23.3 Å². The normalized spacial score (nSPS) is 23.9. The molecule has 3 aliphatic heterocycles. The average molecular weight is 494 g/mol. The van der Waals surface area contributed by atoms with E-state index in [2.05, 4.69) is 25.1 Å². The summed E-state index contributed by atoms with van der Waals surface area (Å²) in [5.74, 6) is 1.49. The van der Waals surface area contributed by atoms with E-state index in [9.17, 15) is 5.11 Å². The van der Waals surface area contributed by atoms with E-state index < -0.39 is 5.60 Å². The Balaban J connectivity index is 1.36. The van der Waals surface area contributed by atoms with E-state index in [1.807, 2.05) is 13.8 Å². The third-order valence-electron chi connectivity index (χ3n) is 8.33. The van der Waals surface area contributed by atoms with Gasteiger partial charge in [0.2, 0.25) is 11.9 Å². The first-order valence-electron chi connectivity index (χ1n) is 13.0. The van der Waals surface area contributed by atoms with Gasteiger partial charge >= 0.3 is 0 Å². The van der Waals surface area contributed by atoms with E-state index in [4.69, 9.17) is 15.7 Å². The molecule has 0 aliphatic carbocycles. The van der Waals surface area contributed by atoms with Crippen LogP contribution in [0.2, 0.25) is 0 Å². The van der Waals surface area contributed by atoms with Gasteiger partial charge in [0.25, 0.3) is 0 Å². The van der Waals surface area contributed by atoms with Crippen LogP contribution in [0.3, 0.4) is 0 Å². The number of fused-ring (bicyclic) bond motifs is 3. The predicted molar refractivity (Wildman–Crippen MR) is 140 cm³/mol. The largest absolute Gasteiger partial charge is 0.390 e. The van der Waals surface area contributed by atoms with E-state index in [1.54, 1.807) is 23.7 Å². The molecule has 0 spiro atoms. The van der Waals surface area contributed by atoms with Crippen LogP contribution in [0.5, 0.6) is 0 Å². The molecule has 3 aliphatic rings. The monoisotopic (exact) mass is 493 g/mol. The minimum absolute atomic E-state index is 0.273. The molecule has 3 N–H and O–H groups in total. The molecular weight excluding hydrogens is 458 g/mol. The van der Waals surface area contributed by atoms with Crippen molar-refractivity contribution in [3.8, 4) is 11.3 Å². The van der Waals surface area contributed by atoms with Crippen molar-refractivity contribution in [2.75, 3.05) is 23.7 Å². The Morgan fingerprint density at radius 2 is 1.71 bits per heavy atom. The maximum atomic E-state index is 10.4. The molecule has 35 heavy (non-hydrogen) atoms. The van der Waals surface area contributed by atoms with E-state index in [0.29, 0.717) is 18.0 Å². The molecule has 2 atom stereocenters. The van der Waals surface area contributed by atoms with E-state index in [-0.39, 0.29) is 5.95 Å². The molecule has 3 aromatic heterocycles. The third kappa shape index (κ3) is 4.38. The predicted octanol–water partition coefficient (Wildman–Crippen LogP) is 4.23. The number of thiophene rings is 1. The molecule has 8 nitrogen and oxygen atoms in total. The molecule has 0 aromatic carbocycles. The van der Waals surface area contributed by atoms with Gasteiger partial charge in [-0.15, -0.1) is 11.3 Å².